The molecule has 1 fully saturated rings. The van der Waals surface area contributed by atoms with E-state index in [4.69, 9.17) is 0 Å². The van der Waals surface area contributed by atoms with Gasteiger partial charge in [-0.3, -0.25) is 0 Å². The Morgan fingerprint density at radius 2 is 1.94 bits per heavy atom. The molecule has 1 heteroatoms. The summed E-state index contributed by atoms with van der Waals surface area (Å²) < 4.78 is 0. The van der Waals surface area contributed by atoms with Gasteiger partial charge < -0.3 is 5.32 Å². The minimum Gasteiger partial charge on any atom is -0.310 e. The Bertz CT molecular complexity index is 366. The van der Waals surface area contributed by atoms with Gasteiger partial charge in [0.1, 0.15) is 0 Å². The van der Waals surface area contributed by atoms with Gasteiger partial charge in [0.05, 0.1) is 0 Å². The average Bonchev–Trinajstić information content (AvgIpc) is 2.26. The van der Waals surface area contributed by atoms with Crippen LogP contribution in [0.5, 0.6) is 0 Å². The minimum absolute atomic E-state index is 0.534. The van der Waals surface area contributed by atoms with Crippen LogP contribution in [0.3, 0.4) is 0 Å². The van der Waals surface area contributed by atoms with Gasteiger partial charge in [-0.25, -0.2) is 0 Å². The van der Waals surface area contributed by atoms with Crippen molar-refractivity contribution in [1.29, 1.82) is 0 Å². The predicted octanol–water partition coefficient (Wildman–Crippen LogP) is 4.65. The van der Waals surface area contributed by atoms with Crippen LogP contribution < -0.4 is 5.32 Å². The zero-order valence-electron chi connectivity index (χ0n) is 12.1. The molecule has 100 valence electrons. The van der Waals surface area contributed by atoms with Crippen LogP contribution >= 0.6 is 0 Å². The molecule has 0 heterocycles. The Morgan fingerprint density at radius 3 is 2.50 bits per heavy atom. The molecule has 1 aliphatic rings. The SMILES string of the molecule is CCNC(CC(C)C)c1ccccc1C1CCC1. The predicted molar refractivity (Wildman–Crippen MR) is 78.9 cm³/mol. The number of hydrogen-bond donors (Lipinski definition) is 1. The summed E-state index contributed by atoms with van der Waals surface area (Å²) in [6.45, 7) is 7.89. The standard InChI is InChI=1S/C17H27N/c1-4-18-17(12-13(2)3)16-11-6-5-10-15(16)14-8-7-9-14/h5-6,10-11,13-14,17-18H,4,7-9,12H2,1-3H3. The van der Waals surface area contributed by atoms with Crippen molar-refractivity contribution in [1.82, 2.24) is 5.32 Å². The summed E-state index contributed by atoms with van der Waals surface area (Å²) in [5, 5.41) is 3.67. The highest BCUT2D eigenvalue weighted by molar-refractivity contribution is 5.34. The zero-order valence-corrected chi connectivity index (χ0v) is 12.1. The summed E-state index contributed by atoms with van der Waals surface area (Å²) in [7, 11) is 0. The van der Waals surface area contributed by atoms with Crippen LogP contribution in [-0.4, -0.2) is 6.54 Å². The number of nitrogens with one attached hydrogen (secondary N) is 1. The van der Waals surface area contributed by atoms with Crippen LogP contribution in [0.15, 0.2) is 24.3 Å². The molecule has 0 bridgehead atoms. The van der Waals surface area contributed by atoms with Crippen molar-refractivity contribution < 1.29 is 0 Å². The molecule has 0 aliphatic heterocycles. The fraction of sp³-hybridized carbons (Fsp3) is 0.647. The van der Waals surface area contributed by atoms with Crippen molar-refractivity contribution in [3.63, 3.8) is 0 Å². The molecule has 0 saturated heterocycles. The molecule has 1 unspecified atom stereocenters. The third-order valence-corrected chi connectivity index (χ3v) is 4.07. The third kappa shape index (κ3) is 3.14. The first-order valence-corrected chi connectivity index (χ1v) is 7.54. The Morgan fingerprint density at radius 1 is 1.22 bits per heavy atom. The Balaban J connectivity index is 2.22. The first-order valence-electron chi connectivity index (χ1n) is 7.54. The quantitative estimate of drug-likeness (QED) is 0.769. The first-order chi connectivity index (χ1) is 8.72. The summed E-state index contributed by atoms with van der Waals surface area (Å²) in [6.07, 6.45) is 5.42. The minimum atomic E-state index is 0.534. The van der Waals surface area contributed by atoms with E-state index in [2.05, 4.69) is 50.4 Å². The molecule has 0 amide bonds. The largest absolute Gasteiger partial charge is 0.310 e. The topological polar surface area (TPSA) is 12.0 Å². The first kappa shape index (κ1) is 13.6. The van der Waals surface area contributed by atoms with Crippen LogP contribution in [-0.2, 0) is 0 Å². The van der Waals surface area contributed by atoms with E-state index in [1.54, 1.807) is 11.1 Å². The molecule has 1 aliphatic carbocycles. The maximum absolute atomic E-state index is 3.67. The van der Waals surface area contributed by atoms with Crippen LogP contribution in [0.4, 0.5) is 0 Å². The molecule has 0 radical (unpaired) electrons. The molecule has 2 rings (SSSR count). The maximum atomic E-state index is 3.67. The molecule has 1 nitrogen and oxygen atoms in total. The van der Waals surface area contributed by atoms with Gasteiger partial charge in [0.15, 0.2) is 0 Å². The number of rotatable bonds is 6. The highest BCUT2D eigenvalue weighted by Gasteiger charge is 2.24. The van der Waals surface area contributed by atoms with E-state index < -0.39 is 0 Å². The van der Waals surface area contributed by atoms with Crippen LogP contribution in [0, 0.1) is 5.92 Å². The second-order valence-corrected chi connectivity index (χ2v) is 6.00. The van der Waals surface area contributed by atoms with Crippen molar-refractivity contribution in [2.45, 2.75) is 58.4 Å². The van der Waals surface area contributed by atoms with Gasteiger partial charge in [-0.1, -0.05) is 51.5 Å². The van der Waals surface area contributed by atoms with Gasteiger partial charge in [-0.05, 0) is 48.8 Å². The second-order valence-electron chi connectivity index (χ2n) is 6.00. The number of benzene rings is 1. The highest BCUT2D eigenvalue weighted by Crippen LogP contribution is 2.40. The zero-order chi connectivity index (χ0) is 13.0. The number of hydrogen-bond acceptors (Lipinski definition) is 1. The fourth-order valence-electron chi connectivity index (χ4n) is 2.96. The Hall–Kier alpha value is -0.820. The lowest BCUT2D eigenvalue weighted by Crippen LogP contribution is -2.25. The van der Waals surface area contributed by atoms with Gasteiger partial charge in [-0.2, -0.15) is 0 Å². The molecule has 1 atom stereocenters. The van der Waals surface area contributed by atoms with E-state index in [1.165, 1.54) is 25.7 Å². The molecule has 18 heavy (non-hydrogen) atoms. The Kier molecular flexibility index (Phi) is 4.82. The highest BCUT2D eigenvalue weighted by atomic mass is 14.9. The fourth-order valence-corrected chi connectivity index (χ4v) is 2.96. The van der Waals surface area contributed by atoms with Gasteiger partial charge in [0, 0.05) is 6.04 Å². The lowest BCUT2D eigenvalue weighted by molar-refractivity contribution is 0.398. The molecular weight excluding hydrogens is 218 g/mol. The monoisotopic (exact) mass is 245 g/mol. The Labute approximate surface area is 112 Å². The lowest BCUT2D eigenvalue weighted by Gasteiger charge is -2.31. The molecule has 1 N–H and O–H groups in total. The smallest absolute Gasteiger partial charge is 0.0325 e. The summed E-state index contributed by atoms with van der Waals surface area (Å²) in [6, 6.07) is 9.62. The molecule has 0 spiro atoms. The summed E-state index contributed by atoms with van der Waals surface area (Å²) in [5.41, 5.74) is 3.16. The lowest BCUT2D eigenvalue weighted by atomic mass is 9.76. The van der Waals surface area contributed by atoms with Crippen LogP contribution in [0.1, 0.15) is 69.5 Å². The van der Waals surface area contributed by atoms with Crippen LogP contribution in [0.25, 0.3) is 0 Å². The van der Waals surface area contributed by atoms with E-state index in [0.717, 1.165) is 18.4 Å². The summed E-state index contributed by atoms with van der Waals surface area (Å²) in [5.74, 6) is 1.57. The normalized spacial score (nSPS) is 17.8. The molecule has 1 saturated carbocycles. The summed E-state index contributed by atoms with van der Waals surface area (Å²) >= 11 is 0. The van der Waals surface area contributed by atoms with E-state index in [0.29, 0.717) is 6.04 Å². The molecule has 0 aromatic heterocycles. The maximum Gasteiger partial charge on any atom is 0.0325 e. The molecular formula is C17H27N. The van der Waals surface area contributed by atoms with E-state index >= 15 is 0 Å². The van der Waals surface area contributed by atoms with E-state index in [9.17, 15) is 0 Å². The van der Waals surface area contributed by atoms with Crippen molar-refractivity contribution in [2.24, 2.45) is 5.92 Å². The van der Waals surface area contributed by atoms with Crippen LogP contribution in [0.2, 0.25) is 0 Å². The third-order valence-electron chi connectivity index (χ3n) is 4.07. The molecule has 1 aromatic rings. The summed E-state index contributed by atoms with van der Waals surface area (Å²) in [4.78, 5) is 0. The van der Waals surface area contributed by atoms with Gasteiger partial charge in [0.25, 0.3) is 0 Å². The van der Waals surface area contributed by atoms with E-state index in [-0.39, 0.29) is 0 Å². The average molecular weight is 245 g/mol. The van der Waals surface area contributed by atoms with Gasteiger partial charge >= 0.3 is 0 Å². The van der Waals surface area contributed by atoms with Gasteiger partial charge in [0.2, 0.25) is 0 Å². The van der Waals surface area contributed by atoms with Crippen molar-refractivity contribution in [3.05, 3.63) is 35.4 Å². The van der Waals surface area contributed by atoms with Crippen molar-refractivity contribution in [2.75, 3.05) is 6.54 Å². The molecule has 1 aromatic carbocycles. The van der Waals surface area contributed by atoms with Crippen molar-refractivity contribution in [3.8, 4) is 0 Å². The van der Waals surface area contributed by atoms with Crippen molar-refractivity contribution >= 4 is 0 Å². The van der Waals surface area contributed by atoms with E-state index in [1.807, 2.05) is 0 Å². The second kappa shape index (κ2) is 6.38. The van der Waals surface area contributed by atoms with Gasteiger partial charge in [-0.15, -0.1) is 0 Å².